The zero-order valence-corrected chi connectivity index (χ0v) is 20.7. The molecule has 1 spiro atoms. The number of carboxylic acid groups (broad SMARTS) is 1. The van der Waals surface area contributed by atoms with Gasteiger partial charge in [-0.15, -0.1) is 12.4 Å². The Morgan fingerprint density at radius 1 is 1.06 bits per heavy atom. The van der Waals surface area contributed by atoms with Gasteiger partial charge in [-0.3, -0.25) is 9.69 Å². The van der Waals surface area contributed by atoms with E-state index in [4.69, 9.17) is 19.3 Å². The Morgan fingerprint density at radius 3 is 2.35 bits per heavy atom. The van der Waals surface area contributed by atoms with Crippen LogP contribution in [0.4, 0.5) is 0 Å². The monoisotopic (exact) mass is 489 g/mol. The van der Waals surface area contributed by atoms with Crippen molar-refractivity contribution in [2.45, 2.75) is 63.4 Å². The minimum Gasteiger partial charge on any atom is -0.489 e. The summed E-state index contributed by atoms with van der Waals surface area (Å²) in [6.07, 6.45) is 5.22. The summed E-state index contributed by atoms with van der Waals surface area (Å²) in [5, 5.41) is 8.78. The predicted molar refractivity (Wildman–Crippen MR) is 134 cm³/mol. The van der Waals surface area contributed by atoms with Gasteiger partial charge in [-0.2, -0.15) is 0 Å². The third-order valence-electron chi connectivity index (χ3n) is 6.93. The van der Waals surface area contributed by atoms with Crippen molar-refractivity contribution in [2.75, 3.05) is 26.8 Å². The number of rotatable bonds is 9. The van der Waals surface area contributed by atoms with Gasteiger partial charge < -0.3 is 19.3 Å². The van der Waals surface area contributed by atoms with E-state index >= 15 is 0 Å². The van der Waals surface area contributed by atoms with Crippen LogP contribution in [0, 0.1) is 0 Å². The van der Waals surface area contributed by atoms with E-state index in [1.807, 2.05) is 31.4 Å². The second-order valence-electron chi connectivity index (χ2n) is 9.30. The van der Waals surface area contributed by atoms with E-state index in [1.54, 1.807) is 0 Å². The van der Waals surface area contributed by atoms with Crippen molar-refractivity contribution < 1.29 is 24.1 Å². The number of carboxylic acids is 1. The number of ether oxygens (including phenoxy) is 3. The molecular weight excluding hydrogens is 454 g/mol. The molecule has 1 N–H and O–H groups in total. The highest BCUT2D eigenvalue weighted by Crippen LogP contribution is 2.36. The van der Waals surface area contributed by atoms with E-state index in [9.17, 15) is 4.79 Å². The number of carbonyl (C=O) groups is 1. The molecule has 2 aliphatic heterocycles. The zero-order chi connectivity index (χ0) is 23.1. The summed E-state index contributed by atoms with van der Waals surface area (Å²) in [5.74, 6) is 0.0162. The van der Waals surface area contributed by atoms with Gasteiger partial charge in [-0.1, -0.05) is 36.4 Å². The normalized spacial score (nSPS) is 20.0. The maximum absolute atomic E-state index is 10.7. The quantitative estimate of drug-likeness (QED) is 0.542. The van der Waals surface area contributed by atoms with Gasteiger partial charge >= 0.3 is 5.97 Å². The third-order valence-corrected chi connectivity index (χ3v) is 6.93. The summed E-state index contributed by atoms with van der Waals surface area (Å²) in [5.41, 5.74) is 3.47. The van der Waals surface area contributed by atoms with E-state index in [-0.39, 0.29) is 24.4 Å². The lowest BCUT2D eigenvalue weighted by Crippen LogP contribution is -2.50. The number of aliphatic carboxylic acids is 1. The van der Waals surface area contributed by atoms with Crippen LogP contribution in [0.1, 0.15) is 48.8 Å². The van der Waals surface area contributed by atoms with E-state index in [0.29, 0.717) is 19.1 Å². The van der Waals surface area contributed by atoms with E-state index in [0.717, 1.165) is 68.8 Å². The molecule has 186 valence electrons. The molecule has 2 saturated heterocycles. The lowest BCUT2D eigenvalue weighted by molar-refractivity contribution is -0.149. The molecule has 0 amide bonds. The first-order valence-corrected chi connectivity index (χ1v) is 11.9. The lowest BCUT2D eigenvalue weighted by atomic mass is 9.83. The minimum atomic E-state index is -0.776. The molecule has 1 unspecified atom stereocenters. The molecule has 0 saturated carbocycles. The molecule has 2 fully saturated rings. The van der Waals surface area contributed by atoms with Crippen molar-refractivity contribution in [2.24, 2.45) is 0 Å². The van der Waals surface area contributed by atoms with Crippen molar-refractivity contribution in [3.8, 4) is 5.75 Å². The summed E-state index contributed by atoms with van der Waals surface area (Å²) in [4.78, 5) is 13.2. The molecule has 0 radical (unpaired) electrons. The van der Waals surface area contributed by atoms with Gasteiger partial charge in [-0.25, -0.2) is 0 Å². The van der Waals surface area contributed by atoms with Crippen LogP contribution in [-0.4, -0.2) is 54.5 Å². The average molecular weight is 490 g/mol. The lowest BCUT2D eigenvalue weighted by Gasteiger charge is -2.46. The van der Waals surface area contributed by atoms with Gasteiger partial charge in [0.25, 0.3) is 0 Å². The summed E-state index contributed by atoms with van der Waals surface area (Å²) in [7, 11) is 1.81. The second kappa shape index (κ2) is 12.5. The number of nitrogens with zero attached hydrogens (tertiary/aromatic N) is 1. The fraction of sp³-hybridized carbons (Fsp3) is 0.519. The van der Waals surface area contributed by atoms with E-state index in [2.05, 4.69) is 29.2 Å². The molecule has 1 atom stereocenters. The number of methoxy groups -OCH3 is 1. The fourth-order valence-corrected chi connectivity index (χ4v) is 4.82. The number of benzene rings is 2. The molecule has 6 nitrogen and oxygen atoms in total. The van der Waals surface area contributed by atoms with Crippen LogP contribution in [-0.2, 0) is 33.8 Å². The molecule has 2 aromatic carbocycles. The molecule has 0 bridgehead atoms. The van der Waals surface area contributed by atoms with Gasteiger partial charge in [0.05, 0.1) is 11.7 Å². The standard InChI is InChI=1S/C27H35NO5.ClH/c1-31-25-12-17-33-27(18-25)13-15-28(16-14-27)19-22-2-4-23(5-3-22)20-32-24-9-6-21(7-10-24)8-11-26(29)30;/h2-7,9-10,25H,8,11-20H2,1H3,(H,29,30);1H. The maximum Gasteiger partial charge on any atom is 0.303 e. The third kappa shape index (κ3) is 7.44. The molecule has 4 rings (SSSR count). The van der Waals surface area contributed by atoms with Crippen LogP contribution < -0.4 is 4.74 Å². The molecular formula is C27H36ClNO5. The van der Waals surface area contributed by atoms with Crippen LogP contribution in [0.5, 0.6) is 5.75 Å². The van der Waals surface area contributed by atoms with Gasteiger partial charge in [0, 0.05) is 46.2 Å². The Kier molecular flexibility index (Phi) is 9.77. The maximum atomic E-state index is 10.7. The van der Waals surface area contributed by atoms with Gasteiger partial charge in [-0.05, 0) is 54.5 Å². The molecule has 2 heterocycles. The number of halogens is 1. The first kappa shape index (κ1) is 26.5. The van der Waals surface area contributed by atoms with Crippen LogP contribution in [0.3, 0.4) is 0 Å². The first-order chi connectivity index (χ1) is 16.0. The Bertz CT molecular complexity index is 894. The highest BCUT2D eigenvalue weighted by atomic mass is 35.5. The molecule has 0 aliphatic carbocycles. The van der Waals surface area contributed by atoms with Crippen LogP contribution in [0.2, 0.25) is 0 Å². The molecule has 0 aromatic heterocycles. The largest absolute Gasteiger partial charge is 0.489 e. The molecule has 2 aliphatic rings. The number of aryl methyl sites for hydroxylation is 1. The summed E-state index contributed by atoms with van der Waals surface area (Å²) >= 11 is 0. The van der Waals surface area contributed by atoms with Crippen molar-refractivity contribution in [1.29, 1.82) is 0 Å². The predicted octanol–water partition coefficient (Wildman–Crippen LogP) is 4.86. The van der Waals surface area contributed by atoms with E-state index < -0.39 is 5.97 Å². The van der Waals surface area contributed by atoms with E-state index in [1.165, 1.54) is 5.56 Å². The summed E-state index contributed by atoms with van der Waals surface area (Å²) < 4.78 is 17.7. The Balaban J connectivity index is 0.00000324. The Labute approximate surface area is 208 Å². The Morgan fingerprint density at radius 2 is 1.71 bits per heavy atom. The van der Waals surface area contributed by atoms with Crippen molar-refractivity contribution in [1.82, 2.24) is 4.90 Å². The van der Waals surface area contributed by atoms with Crippen LogP contribution >= 0.6 is 12.4 Å². The highest BCUT2D eigenvalue weighted by molar-refractivity contribution is 5.85. The van der Waals surface area contributed by atoms with Gasteiger partial charge in [0.15, 0.2) is 0 Å². The summed E-state index contributed by atoms with van der Waals surface area (Å²) in [6, 6.07) is 16.3. The fourth-order valence-electron chi connectivity index (χ4n) is 4.82. The van der Waals surface area contributed by atoms with Gasteiger partial charge in [0.2, 0.25) is 0 Å². The second-order valence-corrected chi connectivity index (χ2v) is 9.30. The first-order valence-electron chi connectivity index (χ1n) is 11.9. The summed E-state index contributed by atoms with van der Waals surface area (Å²) in [6.45, 7) is 4.41. The minimum absolute atomic E-state index is 0. The number of hydrogen-bond donors (Lipinski definition) is 1. The molecule has 34 heavy (non-hydrogen) atoms. The van der Waals surface area contributed by atoms with Crippen molar-refractivity contribution in [3.05, 3.63) is 65.2 Å². The van der Waals surface area contributed by atoms with Gasteiger partial charge in [0.1, 0.15) is 12.4 Å². The number of likely N-dealkylation sites (tertiary alicyclic amines) is 1. The molecule has 7 heteroatoms. The highest BCUT2D eigenvalue weighted by Gasteiger charge is 2.40. The van der Waals surface area contributed by atoms with Crippen molar-refractivity contribution >= 4 is 18.4 Å². The number of piperidine rings is 1. The van der Waals surface area contributed by atoms with Crippen LogP contribution in [0.25, 0.3) is 0 Å². The SMILES string of the molecule is COC1CCOC2(CCN(Cc3ccc(COc4ccc(CCC(=O)O)cc4)cc3)CC2)C1.Cl. The number of hydrogen-bond acceptors (Lipinski definition) is 5. The van der Waals surface area contributed by atoms with Crippen molar-refractivity contribution in [3.63, 3.8) is 0 Å². The smallest absolute Gasteiger partial charge is 0.303 e. The average Bonchev–Trinajstić information content (AvgIpc) is 2.84. The Hall–Kier alpha value is -2.12. The van der Waals surface area contributed by atoms with Crippen LogP contribution in [0.15, 0.2) is 48.5 Å². The zero-order valence-electron chi connectivity index (χ0n) is 19.9. The topological polar surface area (TPSA) is 68.2 Å². The molecule has 2 aromatic rings.